The summed E-state index contributed by atoms with van der Waals surface area (Å²) in [6, 6.07) is 12.6. The number of halogens is 4. The number of rotatable bonds is 4. The molecule has 0 bridgehead atoms. The minimum Gasteiger partial charge on any atom is -0.382 e. The van der Waals surface area contributed by atoms with Crippen molar-refractivity contribution in [2.24, 2.45) is 0 Å². The maximum absolute atomic E-state index is 13.8. The largest absolute Gasteiger partial charge is 0.417 e. The van der Waals surface area contributed by atoms with E-state index in [9.17, 15) is 18.0 Å². The number of hydrogen-bond acceptors (Lipinski definition) is 4. The van der Waals surface area contributed by atoms with Crippen LogP contribution in [0, 0.1) is 0 Å². The van der Waals surface area contributed by atoms with Crippen LogP contribution >= 0.6 is 12.4 Å². The summed E-state index contributed by atoms with van der Waals surface area (Å²) >= 11 is 0. The molecule has 32 heavy (non-hydrogen) atoms. The third-order valence-corrected chi connectivity index (χ3v) is 5.54. The summed E-state index contributed by atoms with van der Waals surface area (Å²) in [5, 5.41) is 6.56. The van der Waals surface area contributed by atoms with Gasteiger partial charge in [0.2, 0.25) is 0 Å². The second kappa shape index (κ2) is 9.75. The molecule has 0 spiro atoms. The molecule has 1 aliphatic rings. The zero-order valence-electron chi connectivity index (χ0n) is 17.4. The molecule has 0 aliphatic carbocycles. The Morgan fingerprint density at radius 2 is 1.81 bits per heavy atom. The summed E-state index contributed by atoms with van der Waals surface area (Å²) < 4.78 is 41.4. The number of para-hydroxylation sites is 1. The van der Waals surface area contributed by atoms with Gasteiger partial charge in [-0.1, -0.05) is 18.2 Å². The van der Waals surface area contributed by atoms with Gasteiger partial charge in [-0.3, -0.25) is 9.78 Å². The Balaban J connectivity index is 0.00000289. The SMILES string of the molecule is CN1CCC(Nc2ccc(C(=O)Nc3cccc4cccnc34)c(C(F)(F)F)c2)CC1.Cl. The molecule has 1 aliphatic heterocycles. The third kappa shape index (κ3) is 5.31. The van der Waals surface area contributed by atoms with Gasteiger partial charge in [0.15, 0.2) is 0 Å². The fraction of sp³-hybridized carbons (Fsp3) is 0.304. The van der Waals surface area contributed by atoms with E-state index in [4.69, 9.17) is 0 Å². The molecule has 3 aromatic rings. The molecule has 2 N–H and O–H groups in total. The Morgan fingerprint density at radius 1 is 1.09 bits per heavy atom. The van der Waals surface area contributed by atoms with E-state index in [1.807, 2.05) is 19.2 Å². The van der Waals surface area contributed by atoms with Gasteiger partial charge < -0.3 is 15.5 Å². The number of aromatic nitrogens is 1. The van der Waals surface area contributed by atoms with Gasteiger partial charge in [0.1, 0.15) is 0 Å². The predicted molar refractivity (Wildman–Crippen MR) is 123 cm³/mol. The fourth-order valence-electron chi connectivity index (χ4n) is 3.85. The van der Waals surface area contributed by atoms with E-state index in [-0.39, 0.29) is 18.4 Å². The molecular formula is C23H24ClF3N4O. The van der Waals surface area contributed by atoms with Crippen molar-refractivity contribution in [1.82, 2.24) is 9.88 Å². The van der Waals surface area contributed by atoms with Crippen molar-refractivity contribution in [3.8, 4) is 0 Å². The highest BCUT2D eigenvalue weighted by Gasteiger charge is 2.36. The second-order valence-electron chi connectivity index (χ2n) is 7.81. The molecule has 9 heteroatoms. The average molecular weight is 465 g/mol. The van der Waals surface area contributed by atoms with Crippen LogP contribution in [0.2, 0.25) is 0 Å². The van der Waals surface area contributed by atoms with E-state index >= 15 is 0 Å². The molecular weight excluding hydrogens is 441 g/mol. The Hall–Kier alpha value is -2.84. The summed E-state index contributed by atoms with van der Waals surface area (Å²) in [6.07, 6.45) is -1.38. The highest BCUT2D eigenvalue weighted by atomic mass is 35.5. The maximum atomic E-state index is 13.8. The molecule has 1 aromatic heterocycles. The minimum atomic E-state index is -4.66. The Bertz CT molecular complexity index is 1090. The van der Waals surface area contributed by atoms with Gasteiger partial charge >= 0.3 is 6.18 Å². The molecule has 2 aromatic carbocycles. The van der Waals surface area contributed by atoms with Gasteiger partial charge in [-0.25, -0.2) is 0 Å². The van der Waals surface area contributed by atoms with Gasteiger partial charge in [-0.15, -0.1) is 12.4 Å². The van der Waals surface area contributed by atoms with E-state index in [0.717, 1.165) is 37.4 Å². The van der Waals surface area contributed by atoms with Gasteiger partial charge in [0.25, 0.3) is 5.91 Å². The van der Waals surface area contributed by atoms with E-state index < -0.39 is 23.2 Å². The quantitative estimate of drug-likeness (QED) is 0.540. The van der Waals surface area contributed by atoms with Crippen LogP contribution in [0.3, 0.4) is 0 Å². The van der Waals surface area contributed by atoms with Crippen LogP contribution in [-0.4, -0.2) is 42.0 Å². The van der Waals surface area contributed by atoms with Crippen LogP contribution in [-0.2, 0) is 6.18 Å². The normalized spacial score (nSPS) is 15.2. The molecule has 1 amide bonds. The number of alkyl halides is 3. The lowest BCUT2D eigenvalue weighted by molar-refractivity contribution is -0.137. The van der Waals surface area contributed by atoms with Crippen LogP contribution in [0.15, 0.2) is 54.7 Å². The minimum absolute atomic E-state index is 0. The molecule has 1 fully saturated rings. The van der Waals surface area contributed by atoms with Crippen molar-refractivity contribution in [1.29, 1.82) is 0 Å². The number of likely N-dealkylation sites (tertiary alicyclic amines) is 1. The number of benzene rings is 2. The number of carbonyl (C=O) groups is 1. The number of nitrogens with one attached hydrogen (secondary N) is 2. The Morgan fingerprint density at radius 3 is 2.53 bits per heavy atom. The van der Waals surface area contributed by atoms with E-state index in [2.05, 4.69) is 20.5 Å². The number of nitrogens with zero attached hydrogens (tertiary/aromatic N) is 2. The molecule has 5 nitrogen and oxygen atoms in total. The first-order valence-electron chi connectivity index (χ1n) is 10.1. The van der Waals surface area contributed by atoms with Crippen molar-refractivity contribution in [3.05, 3.63) is 65.9 Å². The zero-order chi connectivity index (χ0) is 22.0. The second-order valence-corrected chi connectivity index (χ2v) is 7.81. The lowest BCUT2D eigenvalue weighted by Gasteiger charge is -2.30. The van der Waals surface area contributed by atoms with Crippen LogP contribution < -0.4 is 10.6 Å². The van der Waals surface area contributed by atoms with Crippen LogP contribution in [0.25, 0.3) is 10.9 Å². The first-order valence-corrected chi connectivity index (χ1v) is 10.1. The topological polar surface area (TPSA) is 57.3 Å². The summed E-state index contributed by atoms with van der Waals surface area (Å²) in [5.41, 5.74) is -0.132. The van der Waals surface area contributed by atoms with Gasteiger partial charge in [-0.2, -0.15) is 13.2 Å². The highest BCUT2D eigenvalue weighted by Crippen LogP contribution is 2.35. The lowest BCUT2D eigenvalue weighted by atomic mass is 10.0. The fourth-order valence-corrected chi connectivity index (χ4v) is 3.85. The average Bonchev–Trinajstić information content (AvgIpc) is 2.75. The molecule has 0 unspecified atom stereocenters. The molecule has 2 heterocycles. The summed E-state index contributed by atoms with van der Waals surface area (Å²) in [5.74, 6) is -0.823. The van der Waals surface area contributed by atoms with Crippen molar-refractivity contribution >= 4 is 40.6 Å². The first-order chi connectivity index (χ1) is 14.8. The number of anilines is 2. The molecule has 170 valence electrons. The number of amides is 1. The standard InChI is InChI=1S/C23H23F3N4O.ClH/c1-30-12-9-16(10-13-30)28-17-7-8-18(19(14-17)23(24,25)26)22(31)29-20-6-2-4-15-5-3-11-27-21(15)20;/h2-8,11,14,16,28H,9-10,12-13H2,1H3,(H,29,31);1H. The zero-order valence-corrected chi connectivity index (χ0v) is 18.3. The lowest BCUT2D eigenvalue weighted by Crippen LogP contribution is -2.36. The highest BCUT2D eigenvalue weighted by molar-refractivity contribution is 6.09. The monoisotopic (exact) mass is 464 g/mol. The van der Waals surface area contributed by atoms with E-state index in [0.29, 0.717) is 16.9 Å². The van der Waals surface area contributed by atoms with Crippen molar-refractivity contribution < 1.29 is 18.0 Å². The predicted octanol–water partition coefficient (Wildman–Crippen LogP) is 5.43. The van der Waals surface area contributed by atoms with Gasteiger partial charge in [0, 0.05) is 23.3 Å². The van der Waals surface area contributed by atoms with Crippen molar-refractivity contribution in [3.63, 3.8) is 0 Å². The number of fused-ring (bicyclic) bond motifs is 1. The smallest absolute Gasteiger partial charge is 0.382 e. The van der Waals surface area contributed by atoms with Crippen molar-refractivity contribution in [2.75, 3.05) is 30.8 Å². The van der Waals surface area contributed by atoms with Crippen LogP contribution in [0.1, 0.15) is 28.8 Å². The molecule has 0 saturated carbocycles. The summed E-state index contributed by atoms with van der Waals surface area (Å²) in [7, 11) is 2.02. The molecule has 0 atom stereocenters. The van der Waals surface area contributed by atoms with E-state index in [1.165, 1.54) is 12.1 Å². The third-order valence-electron chi connectivity index (χ3n) is 5.54. The Labute approximate surface area is 190 Å². The van der Waals surface area contributed by atoms with Crippen LogP contribution in [0.4, 0.5) is 24.5 Å². The number of hydrogen-bond donors (Lipinski definition) is 2. The number of carbonyl (C=O) groups excluding carboxylic acids is 1. The van der Waals surface area contributed by atoms with Gasteiger partial charge in [-0.05, 0) is 63.3 Å². The molecule has 0 radical (unpaired) electrons. The van der Waals surface area contributed by atoms with E-state index in [1.54, 1.807) is 24.4 Å². The molecule has 4 rings (SSSR count). The van der Waals surface area contributed by atoms with Crippen LogP contribution in [0.5, 0.6) is 0 Å². The first kappa shape index (κ1) is 23.8. The number of pyridine rings is 1. The number of piperidine rings is 1. The summed E-state index contributed by atoms with van der Waals surface area (Å²) in [4.78, 5) is 19.2. The summed E-state index contributed by atoms with van der Waals surface area (Å²) in [6.45, 7) is 1.78. The molecule has 1 saturated heterocycles. The van der Waals surface area contributed by atoms with Crippen molar-refractivity contribution in [2.45, 2.75) is 25.1 Å². The maximum Gasteiger partial charge on any atom is 0.417 e. The van der Waals surface area contributed by atoms with Gasteiger partial charge in [0.05, 0.1) is 22.3 Å². The Kier molecular flexibility index (Phi) is 7.26.